The second-order valence-electron chi connectivity index (χ2n) is 5.48. The van der Waals surface area contributed by atoms with Crippen molar-refractivity contribution in [3.63, 3.8) is 0 Å². The Hall–Kier alpha value is -1.59. The zero-order valence-corrected chi connectivity index (χ0v) is 12.0. The van der Waals surface area contributed by atoms with E-state index in [1.54, 1.807) is 29.2 Å². The van der Waals surface area contributed by atoms with E-state index in [9.17, 15) is 9.90 Å². The second-order valence-corrected chi connectivity index (χ2v) is 5.48. The van der Waals surface area contributed by atoms with Gasteiger partial charge in [0.1, 0.15) is 5.75 Å². The molecule has 5 nitrogen and oxygen atoms in total. The first-order chi connectivity index (χ1) is 9.45. The summed E-state index contributed by atoms with van der Waals surface area (Å²) < 4.78 is 5.62. The SMILES string of the molecule is C[C@@H]1CN(C(=O)[C@H](N)Cc2ccc(O)cc2)C[C@H](C)O1. The first-order valence-corrected chi connectivity index (χ1v) is 6.93. The minimum Gasteiger partial charge on any atom is -0.508 e. The fourth-order valence-electron chi connectivity index (χ4n) is 2.57. The molecule has 1 fully saturated rings. The lowest BCUT2D eigenvalue weighted by Gasteiger charge is -2.36. The summed E-state index contributed by atoms with van der Waals surface area (Å²) in [6, 6.07) is 6.22. The smallest absolute Gasteiger partial charge is 0.240 e. The Morgan fingerprint density at radius 3 is 2.45 bits per heavy atom. The molecule has 3 atom stereocenters. The molecule has 5 heteroatoms. The van der Waals surface area contributed by atoms with Gasteiger partial charge in [-0.15, -0.1) is 0 Å². The summed E-state index contributed by atoms with van der Waals surface area (Å²) in [5.41, 5.74) is 6.96. The summed E-state index contributed by atoms with van der Waals surface area (Å²) in [7, 11) is 0. The Balaban J connectivity index is 1.96. The van der Waals surface area contributed by atoms with Crippen LogP contribution in [0.3, 0.4) is 0 Å². The van der Waals surface area contributed by atoms with Crippen molar-refractivity contribution < 1.29 is 14.6 Å². The van der Waals surface area contributed by atoms with Crippen LogP contribution in [0.15, 0.2) is 24.3 Å². The van der Waals surface area contributed by atoms with Crippen LogP contribution in [-0.2, 0) is 16.0 Å². The highest BCUT2D eigenvalue weighted by Crippen LogP contribution is 2.14. The normalized spacial score (nSPS) is 24.4. The predicted octanol–water partition coefficient (Wildman–Crippen LogP) is 0.898. The summed E-state index contributed by atoms with van der Waals surface area (Å²) in [6.07, 6.45) is 0.561. The fraction of sp³-hybridized carbons (Fsp3) is 0.533. The quantitative estimate of drug-likeness (QED) is 0.861. The highest BCUT2D eigenvalue weighted by atomic mass is 16.5. The maximum Gasteiger partial charge on any atom is 0.240 e. The van der Waals surface area contributed by atoms with Crippen LogP contribution < -0.4 is 5.73 Å². The number of morpholine rings is 1. The molecule has 0 saturated carbocycles. The maximum absolute atomic E-state index is 12.4. The van der Waals surface area contributed by atoms with E-state index in [2.05, 4.69) is 0 Å². The number of carbonyl (C=O) groups excluding carboxylic acids is 1. The third kappa shape index (κ3) is 3.71. The molecule has 3 N–H and O–H groups in total. The summed E-state index contributed by atoms with van der Waals surface area (Å²) >= 11 is 0. The van der Waals surface area contributed by atoms with Crippen LogP contribution in [0.1, 0.15) is 19.4 Å². The first kappa shape index (κ1) is 14.8. The van der Waals surface area contributed by atoms with Crippen LogP contribution in [0.25, 0.3) is 0 Å². The van der Waals surface area contributed by atoms with Crippen molar-refractivity contribution in [2.24, 2.45) is 5.73 Å². The van der Waals surface area contributed by atoms with E-state index in [1.165, 1.54) is 0 Å². The van der Waals surface area contributed by atoms with Crippen LogP contribution in [0.5, 0.6) is 5.75 Å². The van der Waals surface area contributed by atoms with E-state index < -0.39 is 6.04 Å². The van der Waals surface area contributed by atoms with Gasteiger partial charge in [0.05, 0.1) is 18.2 Å². The summed E-state index contributed by atoms with van der Waals surface area (Å²) in [5.74, 6) is 0.171. The van der Waals surface area contributed by atoms with Gasteiger partial charge in [0.25, 0.3) is 0 Å². The van der Waals surface area contributed by atoms with Gasteiger partial charge in [0, 0.05) is 13.1 Å². The number of rotatable bonds is 3. The van der Waals surface area contributed by atoms with E-state index in [4.69, 9.17) is 10.5 Å². The van der Waals surface area contributed by atoms with Crippen molar-refractivity contribution >= 4 is 5.91 Å². The van der Waals surface area contributed by atoms with Gasteiger partial charge in [-0.05, 0) is 38.0 Å². The Morgan fingerprint density at radius 2 is 1.90 bits per heavy atom. The molecule has 110 valence electrons. The zero-order valence-electron chi connectivity index (χ0n) is 12.0. The van der Waals surface area contributed by atoms with Gasteiger partial charge in [-0.3, -0.25) is 4.79 Å². The summed E-state index contributed by atoms with van der Waals surface area (Å²) in [4.78, 5) is 14.1. The molecule has 1 heterocycles. The number of benzene rings is 1. The minimum atomic E-state index is -0.558. The number of ether oxygens (including phenoxy) is 1. The van der Waals surface area contributed by atoms with E-state index in [0.717, 1.165) is 5.56 Å². The Morgan fingerprint density at radius 1 is 1.35 bits per heavy atom. The fourth-order valence-corrected chi connectivity index (χ4v) is 2.57. The van der Waals surface area contributed by atoms with E-state index in [-0.39, 0.29) is 23.9 Å². The lowest BCUT2D eigenvalue weighted by molar-refractivity contribution is -0.144. The predicted molar refractivity (Wildman–Crippen MR) is 76.4 cm³/mol. The molecule has 1 aliphatic heterocycles. The van der Waals surface area contributed by atoms with E-state index in [0.29, 0.717) is 19.5 Å². The molecule has 0 aromatic heterocycles. The molecule has 0 radical (unpaired) electrons. The van der Waals surface area contributed by atoms with Gasteiger partial charge in [0.2, 0.25) is 5.91 Å². The number of carbonyl (C=O) groups is 1. The van der Waals surface area contributed by atoms with Crippen molar-refractivity contribution in [1.82, 2.24) is 4.90 Å². The molecule has 20 heavy (non-hydrogen) atoms. The minimum absolute atomic E-state index is 0.0416. The number of amides is 1. The molecule has 1 aliphatic rings. The largest absolute Gasteiger partial charge is 0.508 e. The lowest BCUT2D eigenvalue weighted by atomic mass is 10.0. The Labute approximate surface area is 119 Å². The topological polar surface area (TPSA) is 75.8 Å². The van der Waals surface area contributed by atoms with Gasteiger partial charge < -0.3 is 20.5 Å². The summed E-state index contributed by atoms with van der Waals surface area (Å²) in [6.45, 7) is 5.10. The Bertz CT molecular complexity index is 451. The standard InChI is InChI=1S/C15H22N2O3/c1-10-8-17(9-11(2)20-10)15(19)14(16)7-12-3-5-13(18)6-4-12/h3-6,10-11,14,18H,7-9,16H2,1-2H3/t10-,11+,14-/m1/s1. The van der Waals surface area contributed by atoms with Crippen molar-refractivity contribution in [2.45, 2.75) is 38.5 Å². The molecule has 0 unspecified atom stereocenters. The average molecular weight is 278 g/mol. The van der Waals surface area contributed by atoms with Crippen molar-refractivity contribution in [1.29, 1.82) is 0 Å². The number of aromatic hydroxyl groups is 1. The highest BCUT2D eigenvalue weighted by molar-refractivity contribution is 5.82. The van der Waals surface area contributed by atoms with Crippen LogP contribution in [-0.4, -0.2) is 47.3 Å². The number of nitrogens with zero attached hydrogens (tertiary/aromatic N) is 1. The molecule has 1 saturated heterocycles. The molecule has 1 amide bonds. The van der Waals surface area contributed by atoms with Crippen molar-refractivity contribution in [3.8, 4) is 5.75 Å². The molecule has 0 spiro atoms. The molecule has 1 aromatic rings. The molecule has 1 aromatic carbocycles. The molecule has 2 rings (SSSR count). The molecule has 0 aliphatic carbocycles. The van der Waals surface area contributed by atoms with Gasteiger partial charge in [-0.2, -0.15) is 0 Å². The van der Waals surface area contributed by atoms with Crippen LogP contribution >= 0.6 is 0 Å². The molecular weight excluding hydrogens is 256 g/mol. The lowest BCUT2D eigenvalue weighted by Crippen LogP contribution is -2.53. The van der Waals surface area contributed by atoms with Crippen molar-refractivity contribution in [2.75, 3.05) is 13.1 Å². The van der Waals surface area contributed by atoms with Gasteiger partial charge in [-0.25, -0.2) is 0 Å². The van der Waals surface area contributed by atoms with E-state index in [1.807, 2.05) is 13.8 Å². The van der Waals surface area contributed by atoms with Crippen LogP contribution in [0, 0.1) is 0 Å². The summed E-state index contributed by atoms with van der Waals surface area (Å²) in [5, 5.41) is 9.24. The zero-order chi connectivity index (χ0) is 14.7. The second kappa shape index (κ2) is 6.24. The van der Waals surface area contributed by atoms with Crippen molar-refractivity contribution in [3.05, 3.63) is 29.8 Å². The first-order valence-electron chi connectivity index (χ1n) is 6.93. The third-order valence-corrected chi connectivity index (χ3v) is 3.44. The highest BCUT2D eigenvalue weighted by Gasteiger charge is 2.28. The maximum atomic E-state index is 12.4. The number of hydrogen-bond donors (Lipinski definition) is 2. The molecule has 0 bridgehead atoms. The number of nitrogens with two attached hydrogens (primary N) is 1. The van der Waals surface area contributed by atoms with Crippen LogP contribution in [0.4, 0.5) is 0 Å². The van der Waals surface area contributed by atoms with Gasteiger partial charge in [0.15, 0.2) is 0 Å². The molecular formula is C15H22N2O3. The monoisotopic (exact) mass is 278 g/mol. The third-order valence-electron chi connectivity index (χ3n) is 3.44. The number of phenolic OH excluding ortho intramolecular Hbond substituents is 1. The number of phenols is 1. The van der Waals surface area contributed by atoms with Crippen LogP contribution in [0.2, 0.25) is 0 Å². The van der Waals surface area contributed by atoms with Gasteiger partial charge >= 0.3 is 0 Å². The Kier molecular flexibility index (Phi) is 4.62. The number of hydrogen-bond acceptors (Lipinski definition) is 4. The van der Waals surface area contributed by atoms with E-state index >= 15 is 0 Å². The average Bonchev–Trinajstić information content (AvgIpc) is 2.39. The van der Waals surface area contributed by atoms with Gasteiger partial charge in [-0.1, -0.05) is 12.1 Å².